The van der Waals surface area contributed by atoms with E-state index in [0.29, 0.717) is 28.7 Å². The fourth-order valence-corrected chi connectivity index (χ4v) is 1.86. The van der Waals surface area contributed by atoms with Crippen molar-refractivity contribution in [2.24, 2.45) is 0 Å². The second kappa shape index (κ2) is 8.94. The lowest BCUT2D eigenvalue weighted by Crippen LogP contribution is -2.28. The summed E-state index contributed by atoms with van der Waals surface area (Å²) >= 11 is 6.13. The molecule has 7 heteroatoms. The van der Waals surface area contributed by atoms with E-state index in [4.69, 9.17) is 21.1 Å². The normalized spacial score (nSPS) is 10.4. The van der Waals surface area contributed by atoms with Crippen molar-refractivity contribution in [1.82, 2.24) is 5.32 Å². The number of ether oxygens (including phenoxy) is 3. The van der Waals surface area contributed by atoms with Gasteiger partial charge in [-0.3, -0.25) is 9.59 Å². The van der Waals surface area contributed by atoms with Gasteiger partial charge in [0, 0.05) is 6.08 Å². The number of rotatable bonds is 7. The molecule has 22 heavy (non-hydrogen) atoms. The van der Waals surface area contributed by atoms with E-state index in [2.05, 4.69) is 10.1 Å². The SMILES string of the molecule is CCOc1c(Cl)cc(C=CC(=O)NCC(=O)OC)cc1OC. The van der Waals surface area contributed by atoms with Crippen LogP contribution in [0.2, 0.25) is 5.02 Å². The Morgan fingerprint density at radius 3 is 2.64 bits per heavy atom. The van der Waals surface area contributed by atoms with Gasteiger partial charge in [0.15, 0.2) is 11.5 Å². The van der Waals surface area contributed by atoms with Crippen LogP contribution in [0.4, 0.5) is 0 Å². The summed E-state index contributed by atoms with van der Waals surface area (Å²) in [7, 11) is 2.75. The first kappa shape index (κ1) is 17.8. The van der Waals surface area contributed by atoms with Gasteiger partial charge in [0.25, 0.3) is 0 Å². The first-order valence-corrected chi connectivity index (χ1v) is 6.92. The Kier molecular flexibility index (Phi) is 7.25. The first-order valence-electron chi connectivity index (χ1n) is 6.54. The predicted octanol–water partition coefficient (Wildman–Crippen LogP) is 2.05. The molecule has 0 fully saturated rings. The van der Waals surface area contributed by atoms with Gasteiger partial charge in [-0.2, -0.15) is 0 Å². The predicted molar refractivity (Wildman–Crippen MR) is 83.2 cm³/mol. The monoisotopic (exact) mass is 327 g/mol. The van der Waals surface area contributed by atoms with E-state index in [1.54, 1.807) is 18.2 Å². The van der Waals surface area contributed by atoms with E-state index in [9.17, 15) is 9.59 Å². The highest BCUT2D eigenvalue weighted by molar-refractivity contribution is 6.32. The quantitative estimate of drug-likeness (QED) is 0.613. The van der Waals surface area contributed by atoms with Crippen LogP contribution < -0.4 is 14.8 Å². The number of benzene rings is 1. The molecule has 0 unspecified atom stereocenters. The first-order chi connectivity index (χ1) is 10.5. The minimum atomic E-state index is -0.521. The largest absolute Gasteiger partial charge is 0.493 e. The van der Waals surface area contributed by atoms with Crippen LogP contribution in [0.15, 0.2) is 18.2 Å². The van der Waals surface area contributed by atoms with Crippen molar-refractivity contribution in [1.29, 1.82) is 0 Å². The summed E-state index contributed by atoms with van der Waals surface area (Å²) in [4.78, 5) is 22.5. The number of nitrogens with one attached hydrogen (secondary N) is 1. The fraction of sp³-hybridized carbons (Fsp3) is 0.333. The van der Waals surface area contributed by atoms with Gasteiger partial charge in [0.05, 0.1) is 25.8 Å². The molecular formula is C15H18ClNO5. The second-order valence-electron chi connectivity index (χ2n) is 4.09. The Morgan fingerprint density at radius 1 is 1.32 bits per heavy atom. The molecule has 0 bridgehead atoms. The van der Waals surface area contributed by atoms with Gasteiger partial charge in [-0.1, -0.05) is 11.6 Å². The molecule has 0 aliphatic carbocycles. The third-order valence-corrected chi connectivity index (χ3v) is 2.88. The molecule has 1 N–H and O–H groups in total. The van der Waals surface area contributed by atoms with Gasteiger partial charge >= 0.3 is 5.97 Å². The maximum atomic E-state index is 11.6. The van der Waals surface area contributed by atoms with E-state index < -0.39 is 11.9 Å². The molecule has 0 saturated carbocycles. The van der Waals surface area contributed by atoms with Crippen LogP contribution in [0.1, 0.15) is 12.5 Å². The Hall–Kier alpha value is -2.21. The van der Waals surface area contributed by atoms with Gasteiger partial charge in [-0.25, -0.2) is 0 Å². The molecule has 0 saturated heterocycles. The van der Waals surface area contributed by atoms with Crippen LogP contribution in [0.5, 0.6) is 11.5 Å². The smallest absolute Gasteiger partial charge is 0.325 e. The van der Waals surface area contributed by atoms with Crippen LogP contribution in [0.3, 0.4) is 0 Å². The molecular weight excluding hydrogens is 310 g/mol. The molecule has 120 valence electrons. The summed E-state index contributed by atoms with van der Waals surface area (Å²) in [6, 6.07) is 3.35. The molecule has 0 aliphatic rings. The minimum Gasteiger partial charge on any atom is -0.493 e. The molecule has 0 atom stereocenters. The molecule has 0 aliphatic heterocycles. The minimum absolute atomic E-state index is 0.187. The maximum Gasteiger partial charge on any atom is 0.325 e. The number of carbonyl (C=O) groups excluding carboxylic acids is 2. The third kappa shape index (κ3) is 5.29. The Bertz CT molecular complexity index is 571. The van der Waals surface area contributed by atoms with Crippen molar-refractivity contribution in [3.05, 3.63) is 28.8 Å². The summed E-state index contributed by atoms with van der Waals surface area (Å²) in [5.74, 6) is -0.00941. The van der Waals surface area contributed by atoms with Crippen molar-refractivity contribution >= 4 is 29.6 Å². The van der Waals surface area contributed by atoms with Crippen LogP contribution in [0, 0.1) is 0 Å². The Labute approximate surface area is 134 Å². The molecule has 0 heterocycles. The molecule has 0 spiro atoms. The zero-order valence-electron chi connectivity index (χ0n) is 12.6. The highest BCUT2D eigenvalue weighted by Gasteiger charge is 2.10. The number of hydrogen-bond donors (Lipinski definition) is 1. The molecule has 1 amide bonds. The van der Waals surface area contributed by atoms with Gasteiger partial charge in [-0.15, -0.1) is 0 Å². The van der Waals surface area contributed by atoms with Gasteiger partial charge in [0.1, 0.15) is 6.54 Å². The Morgan fingerprint density at radius 2 is 2.05 bits per heavy atom. The van der Waals surface area contributed by atoms with Crippen molar-refractivity contribution in [2.45, 2.75) is 6.92 Å². The molecule has 1 rings (SSSR count). The third-order valence-electron chi connectivity index (χ3n) is 2.60. The highest BCUT2D eigenvalue weighted by Crippen LogP contribution is 2.36. The molecule has 0 aromatic heterocycles. The van der Waals surface area contributed by atoms with Gasteiger partial charge in [-0.05, 0) is 30.7 Å². The maximum absolute atomic E-state index is 11.6. The van der Waals surface area contributed by atoms with Crippen molar-refractivity contribution < 1.29 is 23.8 Å². The standard InChI is InChI=1S/C15H18ClNO5/c1-4-22-15-11(16)7-10(8-12(15)20-2)5-6-13(18)17-9-14(19)21-3/h5-8H,4,9H2,1-3H3,(H,17,18). The summed E-state index contributed by atoms with van der Waals surface area (Å²) in [6.45, 7) is 2.11. The topological polar surface area (TPSA) is 73.9 Å². The second-order valence-corrected chi connectivity index (χ2v) is 4.50. The van der Waals surface area contributed by atoms with E-state index in [1.165, 1.54) is 20.3 Å². The summed E-state index contributed by atoms with van der Waals surface area (Å²) in [6.07, 6.45) is 2.84. The summed E-state index contributed by atoms with van der Waals surface area (Å²) in [5.41, 5.74) is 0.665. The average molecular weight is 328 g/mol. The van der Waals surface area contributed by atoms with Crippen LogP contribution in [-0.2, 0) is 14.3 Å². The van der Waals surface area contributed by atoms with E-state index in [1.807, 2.05) is 6.92 Å². The van der Waals surface area contributed by atoms with Crippen molar-refractivity contribution in [2.75, 3.05) is 27.4 Å². The molecule has 1 aromatic rings. The fourth-order valence-electron chi connectivity index (χ4n) is 1.58. The molecule has 1 aromatic carbocycles. The van der Waals surface area contributed by atoms with E-state index in [0.717, 1.165) is 0 Å². The van der Waals surface area contributed by atoms with Crippen LogP contribution in [0.25, 0.3) is 6.08 Å². The highest BCUT2D eigenvalue weighted by atomic mass is 35.5. The number of carbonyl (C=O) groups is 2. The Balaban J connectivity index is 2.81. The summed E-state index contributed by atoms with van der Waals surface area (Å²) in [5, 5.41) is 2.77. The zero-order valence-corrected chi connectivity index (χ0v) is 13.4. The van der Waals surface area contributed by atoms with Gasteiger partial charge < -0.3 is 19.5 Å². The lowest BCUT2D eigenvalue weighted by molar-refractivity contribution is -0.140. The molecule has 0 radical (unpaired) electrons. The van der Waals surface area contributed by atoms with Crippen molar-refractivity contribution in [3.8, 4) is 11.5 Å². The van der Waals surface area contributed by atoms with E-state index in [-0.39, 0.29) is 6.54 Å². The number of amides is 1. The van der Waals surface area contributed by atoms with E-state index >= 15 is 0 Å². The van der Waals surface area contributed by atoms with Crippen LogP contribution in [-0.4, -0.2) is 39.2 Å². The zero-order chi connectivity index (χ0) is 16.5. The van der Waals surface area contributed by atoms with Gasteiger partial charge in [0.2, 0.25) is 5.91 Å². The lowest BCUT2D eigenvalue weighted by atomic mass is 10.2. The number of hydrogen-bond acceptors (Lipinski definition) is 5. The number of halogens is 1. The average Bonchev–Trinajstić information content (AvgIpc) is 2.52. The lowest BCUT2D eigenvalue weighted by Gasteiger charge is -2.11. The van der Waals surface area contributed by atoms with Crippen LogP contribution >= 0.6 is 11.6 Å². The number of esters is 1. The summed E-state index contributed by atoms with van der Waals surface area (Å²) < 4.78 is 15.0. The molecule has 6 nitrogen and oxygen atoms in total. The number of methoxy groups -OCH3 is 2. The van der Waals surface area contributed by atoms with Crippen molar-refractivity contribution in [3.63, 3.8) is 0 Å².